The van der Waals surface area contributed by atoms with Gasteiger partial charge in [-0.3, -0.25) is 9.69 Å². The molecule has 0 aliphatic carbocycles. The van der Waals surface area contributed by atoms with Gasteiger partial charge in [0, 0.05) is 19.1 Å². The molecule has 0 amide bonds. The molecular weight excluding hydrogens is 258 g/mol. The van der Waals surface area contributed by atoms with Crippen molar-refractivity contribution in [3.05, 3.63) is 21.3 Å². The van der Waals surface area contributed by atoms with Crippen LogP contribution in [-0.2, 0) is 4.79 Å². The van der Waals surface area contributed by atoms with Crippen molar-refractivity contribution in [1.29, 1.82) is 0 Å². The van der Waals surface area contributed by atoms with Crippen molar-refractivity contribution in [2.75, 3.05) is 13.1 Å². The van der Waals surface area contributed by atoms with Crippen LogP contribution in [0.2, 0.25) is 4.34 Å². The van der Waals surface area contributed by atoms with E-state index in [1.807, 2.05) is 6.07 Å². The fourth-order valence-corrected chi connectivity index (χ4v) is 3.11. The molecule has 0 aromatic carbocycles. The summed E-state index contributed by atoms with van der Waals surface area (Å²) in [4.78, 5) is 13.1. The standard InChI is InChI=1S/C12H16ClNO2S/c1-7(12(15)16)10-4-14(5-10)8(2)9-3-11(13)17-6-9/h3,6-8,10H,4-5H2,1-2H3,(H,15,16). The molecule has 1 saturated heterocycles. The molecule has 1 fully saturated rings. The summed E-state index contributed by atoms with van der Waals surface area (Å²) in [6, 6.07) is 2.32. The highest BCUT2D eigenvalue weighted by Crippen LogP contribution is 2.34. The van der Waals surface area contributed by atoms with Gasteiger partial charge in [0.25, 0.3) is 0 Å². The van der Waals surface area contributed by atoms with E-state index < -0.39 is 5.97 Å². The van der Waals surface area contributed by atoms with Gasteiger partial charge in [-0.2, -0.15) is 0 Å². The summed E-state index contributed by atoms with van der Waals surface area (Å²) in [5, 5.41) is 11.0. The Kier molecular flexibility index (Phi) is 3.76. The number of nitrogens with zero attached hydrogens (tertiary/aromatic N) is 1. The molecule has 1 aromatic heterocycles. The fraction of sp³-hybridized carbons (Fsp3) is 0.583. The van der Waals surface area contributed by atoms with Gasteiger partial charge in [-0.1, -0.05) is 18.5 Å². The minimum absolute atomic E-state index is 0.246. The molecule has 94 valence electrons. The zero-order chi connectivity index (χ0) is 12.6. The number of halogens is 1. The van der Waals surface area contributed by atoms with E-state index in [1.165, 1.54) is 5.56 Å². The number of carboxylic acids is 1. The summed E-state index contributed by atoms with van der Waals surface area (Å²) in [5.74, 6) is -0.658. The van der Waals surface area contributed by atoms with E-state index in [-0.39, 0.29) is 11.8 Å². The first-order chi connectivity index (χ1) is 7.99. The van der Waals surface area contributed by atoms with Crippen molar-refractivity contribution in [2.24, 2.45) is 11.8 Å². The first kappa shape index (κ1) is 12.9. The van der Waals surface area contributed by atoms with E-state index in [1.54, 1.807) is 18.3 Å². The van der Waals surface area contributed by atoms with Crippen LogP contribution >= 0.6 is 22.9 Å². The van der Waals surface area contributed by atoms with Crippen molar-refractivity contribution in [1.82, 2.24) is 4.90 Å². The second-order valence-electron chi connectivity index (χ2n) is 4.70. The van der Waals surface area contributed by atoms with Crippen molar-refractivity contribution < 1.29 is 9.90 Å². The van der Waals surface area contributed by atoms with Crippen molar-refractivity contribution in [3.63, 3.8) is 0 Å². The van der Waals surface area contributed by atoms with E-state index in [9.17, 15) is 4.79 Å². The lowest BCUT2D eigenvalue weighted by atomic mass is 9.85. The maximum atomic E-state index is 10.8. The number of carboxylic acid groups (broad SMARTS) is 1. The van der Waals surface area contributed by atoms with E-state index in [0.29, 0.717) is 6.04 Å². The normalized spacial score (nSPS) is 20.9. The Bertz CT molecular complexity index is 414. The zero-order valence-corrected chi connectivity index (χ0v) is 11.5. The van der Waals surface area contributed by atoms with Crippen LogP contribution in [0.3, 0.4) is 0 Å². The quantitative estimate of drug-likeness (QED) is 0.916. The summed E-state index contributed by atoms with van der Waals surface area (Å²) < 4.78 is 0.808. The van der Waals surface area contributed by atoms with Gasteiger partial charge in [0.05, 0.1) is 10.3 Å². The number of hydrogen-bond donors (Lipinski definition) is 1. The molecule has 0 spiro atoms. The van der Waals surface area contributed by atoms with Crippen molar-refractivity contribution >= 4 is 28.9 Å². The lowest BCUT2D eigenvalue weighted by molar-refractivity contribution is -0.145. The second-order valence-corrected chi connectivity index (χ2v) is 6.24. The minimum Gasteiger partial charge on any atom is -0.481 e. The lowest BCUT2D eigenvalue weighted by Crippen LogP contribution is -2.51. The smallest absolute Gasteiger partial charge is 0.306 e. The predicted octanol–water partition coefficient (Wildman–Crippen LogP) is 3.12. The summed E-state index contributed by atoms with van der Waals surface area (Å²) >= 11 is 7.45. The zero-order valence-electron chi connectivity index (χ0n) is 9.89. The highest BCUT2D eigenvalue weighted by molar-refractivity contribution is 7.14. The molecular formula is C12H16ClNO2S. The second kappa shape index (κ2) is 4.96. The SMILES string of the molecule is CC(C(=O)O)C1CN(C(C)c2csc(Cl)c2)C1. The van der Waals surface area contributed by atoms with Crippen LogP contribution in [0, 0.1) is 11.8 Å². The van der Waals surface area contributed by atoms with Crippen LogP contribution < -0.4 is 0 Å². The Hall–Kier alpha value is -0.580. The van der Waals surface area contributed by atoms with E-state index in [0.717, 1.165) is 17.4 Å². The molecule has 2 heterocycles. The molecule has 17 heavy (non-hydrogen) atoms. The van der Waals surface area contributed by atoms with Crippen LogP contribution in [0.1, 0.15) is 25.5 Å². The van der Waals surface area contributed by atoms with Gasteiger partial charge in [0.15, 0.2) is 0 Å². The molecule has 2 unspecified atom stereocenters. The molecule has 1 aliphatic heterocycles. The van der Waals surface area contributed by atoms with Gasteiger partial charge in [-0.15, -0.1) is 11.3 Å². The van der Waals surface area contributed by atoms with Crippen LogP contribution in [0.4, 0.5) is 0 Å². The third kappa shape index (κ3) is 2.64. The molecule has 2 rings (SSSR count). The average Bonchev–Trinajstić information content (AvgIpc) is 2.62. The topological polar surface area (TPSA) is 40.5 Å². The average molecular weight is 274 g/mol. The van der Waals surface area contributed by atoms with Gasteiger partial charge in [0.2, 0.25) is 0 Å². The first-order valence-electron chi connectivity index (χ1n) is 5.70. The number of likely N-dealkylation sites (tertiary alicyclic amines) is 1. The number of carbonyl (C=O) groups is 1. The largest absolute Gasteiger partial charge is 0.481 e. The van der Waals surface area contributed by atoms with Gasteiger partial charge in [0.1, 0.15) is 0 Å². The minimum atomic E-state index is -0.694. The van der Waals surface area contributed by atoms with Gasteiger partial charge >= 0.3 is 5.97 Å². The van der Waals surface area contributed by atoms with Crippen LogP contribution in [0.5, 0.6) is 0 Å². The Balaban J connectivity index is 1.89. The highest BCUT2D eigenvalue weighted by atomic mass is 35.5. The molecule has 1 aromatic rings. The Morgan fingerprint density at radius 2 is 2.24 bits per heavy atom. The van der Waals surface area contributed by atoms with Gasteiger partial charge in [-0.25, -0.2) is 0 Å². The number of aliphatic carboxylic acids is 1. The van der Waals surface area contributed by atoms with Crippen LogP contribution in [-0.4, -0.2) is 29.1 Å². The first-order valence-corrected chi connectivity index (χ1v) is 6.95. The molecule has 3 nitrogen and oxygen atoms in total. The Morgan fingerprint density at radius 1 is 1.59 bits per heavy atom. The van der Waals surface area contributed by atoms with Gasteiger partial charge < -0.3 is 5.11 Å². The van der Waals surface area contributed by atoms with E-state index >= 15 is 0 Å². The monoisotopic (exact) mass is 273 g/mol. The number of rotatable bonds is 4. The van der Waals surface area contributed by atoms with Crippen LogP contribution in [0.25, 0.3) is 0 Å². The highest BCUT2D eigenvalue weighted by Gasteiger charge is 2.37. The fourth-order valence-electron chi connectivity index (χ4n) is 2.14. The summed E-state index contributed by atoms with van der Waals surface area (Å²) in [5.41, 5.74) is 1.22. The molecule has 0 bridgehead atoms. The number of hydrogen-bond acceptors (Lipinski definition) is 3. The Labute approximate surface area is 110 Å². The molecule has 0 radical (unpaired) electrons. The Morgan fingerprint density at radius 3 is 2.71 bits per heavy atom. The maximum Gasteiger partial charge on any atom is 0.306 e. The van der Waals surface area contributed by atoms with Crippen molar-refractivity contribution in [2.45, 2.75) is 19.9 Å². The third-order valence-corrected chi connectivity index (χ3v) is 4.76. The number of thiophene rings is 1. The summed E-state index contributed by atoms with van der Waals surface area (Å²) in [6.45, 7) is 5.65. The van der Waals surface area contributed by atoms with Gasteiger partial charge in [-0.05, 0) is 29.9 Å². The van der Waals surface area contributed by atoms with E-state index in [4.69, 9.17) is 16.7 Å². The molecule has 0 saturated carbocycles. The predicted molar refractivity (Wildman–Crippen MR) is 69.6 cm³/mol. The molecule has 1 N–H and O–H groups in total. The summed E-state index contributed by atoms with van der Waals surface area (Å²) in [7, 11) is 0. The third-order valence-electron chi connectivity index (χ3n) is 3.65. The molecule has 1 aliphatic rings. The lowest BCUT2D eigenvalue weighted by Gasteiger charge is -2.44. The summed E-state index contributed by atoms with van der Waals surface area (Å²) in [6.07, 6.45) is 0. The van der Waals surface area contributed by atoms with Crippen LogP contribution in [0.15, 0.2) is 11.4 Å². The van der Waals surface area contributed by atoms with E-state index in [2.05, 4.69) is 17.2 Å². The molecule has 5 heteroatoms. The van der Waals surface area contributed by atoms with Crippen molar-refractivity contribution in [3.8, 4) is 0 Å². The molecule has 2 atom stereocenters. The maximum absolute atomic E-state index is 10.8.